The number of hydrogen-bond donors (Lipinski definition) is 0. The van der Waals surface area contributed by atoms with Crippen molar-refractivity contribution < 1.29 is 14.4 Å². The fourth-order valence-corrected chi connectivity index (χ4v) is 1.31. The summed E-state index contributed by atoms with van der Waals surface area (Å²) in [6.45, 7) is 0. The van der Waals surface area contributed by atoms with Gasteiger partial charge in [0, 0.05) is 5.56 Å². The van der Waals surface area contributed by atoms with Gasteiger partial charge in [0.1, 0.15) is 7.11 Å². The highest BCUT2D eigenvalue weighted by atomic mass is 16.6. The van der Waals surface area contributed by atoms with Crippen molar-refractivity contribution in [1.82, 2.24) is 0 Å². The molecule has 4 nitrogen and oxygen atoms in total. The number of benzene rings is 1. The zero-order valence-electron chi connectivity index (χ0n) is 9.27. The predicted molar refractivity (Wildman–Crippen MR) is 61.5 cm³/mol. The Hall–Kier alpha value is -1.78. The number of rotatable bonds is 4. The van der Waals surface area contributed by atoms with Gasteiger partial charge in [-0.1, -0.05) is 35.7 Å². The van der Waals surface area contributed by atoms with Crippen molar-refractivity contribution in [2.45, 2.75) is 6.32 Å². The van der Waals surface area contributed by atoms with Gasteiger partial charge in [-0.3, -0.25) is 0 Å². The van der Waals surface area contributed by atoms with Gasteiger partial charge in [-0.25, -0.2) is 4.79 Å². The van der Waals surface area contributed by atoms with Crippen LogP contribution in [0.5, 0.6) is 0 Å². The Labute approximate surface area is 95.6 Å². The fourth-order valence-electron chi connectivity index (χ4n) is 1.31. The maximum atomic E-state index is 11.5. The van der Waals surface area contributed by atoms with Crippen LogP contribution in [0.3, 0.4) is 0 Å². The minimum atomic E-state index is -0.553. The predicted octanol–water partition coefficient (Wildman–Crippen LogP) is 0.879. The molecule has 0 aliphatic rings. The van der Waals surface area contributed by atoms with Gasteiger partial charge < -0.3 is 9.57 Å². The number of esters is 1. The van der Waals surface area contributed by atoms with E-state index in [0.717, 1.165) is 5.56 Å². The SMILES string of the molecule is [B]Cc1ccccc1/C(=N\OC)C(=O)OC. The van der Waals surface area contributed by atoms with Crippen molar-refractivity contribution in [3.05, 3.63) is 35.4 Å². The third-order valence-electron chi connectivity index (χ3n) is 2.05. The molecule has 0 bridgehead atoms. The van der Waals surface area contributed by atoms with E-state index in [9.17, 15) is 4.79 Å². The van der Waals surface area contributed by atoms with Crippen molar-refractivity contribution in [3.8, 4) is 0 Å². The van der Waals surface area contributed by atoms with E-state index in [2.05, 4.69) is 14.7 Å². The molecule has 0 N–H and O–H groups in total. The second-order valence-electron chi connectivity index (χ2n) is 2.98. The summed E-state index contributed by atoms with van der Waals surface area (Å²) >= 11 is 0. The molecule has 5 heteroatoms. The van der Waals surface area contributed by atoms with E-state index < -0.39 is 5.97 Å². The molecular formula is C11H12BNO3. The second kappa shape index (κ2) is 5.95. The van der Waals surface area contributed by atoms with Gasteiger partial charge in [0.2, 0.25) is 0 Å². The Morgan fingerprint density at radius 3 is 2.62 bits per heavy atom. The van der Waals surface area contributed by atoms with E-state index in [0.29, 0.717) is 11.9 Å². The summed E-state index contributed by atoms with van der Waals surface area (Å²) in [5.74, 6) is -0.553. The molecule has 0 amide bonds. The molecule has 0 aromatic heterocycles. The van der Waals surface area contributed by atoms with Crippen molar-refractivity contribution in [1.29, 1.82) is 0 Å². The van der Waals surface area contributed by atoms with Crippen LogP contribution in [0.1, 0.15) is 11.1 Å². The molecule has 0 aliphatic carbocycles. The smallest absolute Gasteiger partial charge is 0.360 e. The molecule has 0 unspecified atom stereocenters. The zero-order valence-corrected chi connectivity index (χ0v) is 9.27. The second-order valence-corrected chi connectivity index (χ2v) is 2.98. The summed E-state index contributed by atoms with van der Waals surface area (Å²) in [4.78, 5) is 16.1. The summed E-state index contributed by atoms with van der Waals surface area (Å²) in [5.41, 5.74) is 1.55. The van der Waals surface area contributed by atoms with Crippen LogP contribution in [0.2, 0.25) is 0 Å². The normalized spacial score (nSPS) is 11.0. The maximum Gasteiger partial charge on any atom is 0.360 e. The third-order valence-corrected chi connectivity index (χ3v) is 2.05. The highest BCUT2D eigenvalue weighted by Crippen LogP contribution is 2.11. The molecule has 1 aromatic carbocycles. The minimum Gasteiger partial charge on any atom is -0.464 e. The van der Waals surface area contributed by atoms with Crippen molar-refractivity contribution in [3.63, 3.8) is 0 Å². The number of hydrogen-bond acceptors (Lipinski definition) is 4. The van der Waals surface area contributed by atoms with E-state index in [1.807, 2.05) is 12.1 Å². The molecule has 16 heavy (non-hydrogen) atoms. The fraction of sp³-hybridized carbons (Fsp3) is 0.273. The van der Waals surface area contributed by atoms with Gasteiger partial charge in [0.05, 0.1) is 15.0 Å². The largest absolute Gasteiger partial charge is 0.464 e. The van der Waals surface area contributed by atoms with Crippen LogP contribution >= 0.6 is 0 Å². The first-order valence-corrected chi connectivity index (χ1v) is 4.72. The quantitative estimate of drug-likeness (QED) is 0.325. The van der Waals surface area contributed by atoms with E-state index in [1.165, 1.54) is 14.2 Å². The lowest BCUT2D eigenvalue weighted by atomic mass is 9.91. The summed E-state index contributed by atoms with van der Waals surface area (Å²) in [7, 11) is 8.24. The summed E-state index contributed by atoms with van der Waals surface area (Å²) in [5, 5.41) is 3.66. The average Bonchev–Trinajstić information content (AvgIpc) is 2.35. The van der Waals surface area contributed by atoms with E-state index >= 15 is 0 Å². The van der Waals surface area contributed by atoms with Gasteiger partial charge >= 0.3 is 5.97 Å². The Bertz CT molecular complexity index is 404. The third kappa shape index (κ3) is 2.62. The first kappa shape index (κ1) is 12.3. The van der Waals surface area contributed by atoms with Gasteiger partial charge in [-0.2, -0.15) is 0 Å². The lowest BCUT2D eigenvalue weighted by molar-refractivity contribution is -0.132. The Morgan fingerprint density at radius 2 is 2.06 bits per heavy atom. The molecule has 0 heterocycles. The van der Waals surface area contributed by atoms with Crippen molar-refractivity contribution in [2.24, 2.45) is 5.16 Å². The van der Waals surface area contributed by atoms with Crippen LogP contribution in [0.25, 0.3) is 0 Å². The molecular weight excluding hydrogens is 205 g/mol. The molecule has 82 valence electrons. The molecule has 0 atom stereocenters. The van der Waals surface area contributed by atoms with Crippen LogP contribution in [0.4, 0.5) is 0 Å². The van der Waals surface area contributed by atoms with Crippen LogP contribution in [-0.2, 0) is 20.7 Å². The molecule has 0 fully saturated rings. The van der Waals surface area contributed by atoms with Crippen LogP contribution in [-0.4, -0.2) is 33.7 Å². The zero-order chi connectivity index (χ0) is 12.0. The van der Waals surface area contributed by atoms with E-state index in [4.69, 9.17) is 7.85 Å². The van der Waals surface area contributed by atoms with E-state index in [1.54, 1.807) is 12.1 Å². The average molecular weight is 217 g/mol. The van der Waals surface area contributed by atoms with Crippen LogP contribution < -0.4 is 0 Å². The number of carbonyl (C=O) groups is 1. The summed E-state index contributed by atoms with van der Waals surface area (Å²) in [6.07, 6.45) is 0.315. The van der Waals surface area contributed by atoms with Gasteiger partial charge in [-0.05, 0) is 5.56 Å². The number of methoxy groups -OCH3 is 1. The molecule has 0 saturated heterocycles. The number of nitrogens with zero attached hydrogens (tertiary/aromatic N) is 1. The number of carbonyl (C=O) groups excluding carboxylic acids is 1. The van der Waals surface area contributed by atoms with Crippen LogP contribution in [0, 0.1) is 0 Å². The highest BCUT2D eigenvalue weighted by Gasteiger charge is 2.17. The van der Waals surface area contributed by atoms with Gasteiger partial charge in [0.25, 0.3) is 0 Å². The summed E-state index contributed by atoms with van der Waals surface area (Å²) < 4.78 is 4.63. The number of ether oxygens (including phenoxy) is 1. The van der Waals surface area contributed by atoms with E-state index in [-0.39, 0.29) is 5.71 Å². The first-order chi connectivity index (χ1) is 7.74. The Morgan fingerprint density at radius 1 is 1.38 bits per heavy atom. The standard InChI is InChI=1S/C11H12BNO3/c1-15-11(14)10(13-16-2)9-6-4-3-5-8(9)7-12/h3-6H,7H2,1-2H3/b13-10+. The lowest BCUT2D eigenvalue weighted by Gasteiger charge is -2.08. The molecule has 0 spiro atoms. The molecule has 2 radical (unpaired) electrons. The van der Waals surface area contributed by atoms with Gasteiger partial charge in [-0.15, -0.1) is 0 Å². The monoisotopic (exact) mass is 217 g/mol. The number of oxime groups is 1. The minimum absolute atomic E-state index is 0.117. The molecule has 0 aliphatic heterocycles. The Kier molecular flexibility index (Phi) is 4.57. The summed E-state index contributed by atoms with van der Waals surface area (Å²) in [6, 6.07) is 7.20. The molecule has 1 rings (SSSR count). The van der Waals surface area contributed by atoms with Gasteiger partial charge in [0.15, 0.2) is 5.71 Å². The highest BCUT2D eigenvalue weighted by molar-refractivity contribution is 6.43. The van der Waals surface area contributed by atoms with Crippen molar-refractivity contribution >= 4 is 19.5 Å². The Balaban J connectivity index is 3.21. The topological polar surface area (TPSA) is 47.9 Å². The van der Waals surface area contributed by atoms with Crippen LogP contribution in [0.15, 0.2) is 29.4 Å². The first-order valence-electron chi connectivity index (χ1n) is 4.72. The lowest BCUT2D eigenvalue weighted by Crippen LogP contribution is -2.19. The van der Waals surface area contributed by atoms with Crippen molar-refractivity contribution in [2.75, 3.05) is 14.2 Å². The molecule has 0 saturated carbocycles. The maximum absolute atomic E-state index is 11.5. The molecule has 1 aromatic rings.